The van der Waals surface area contributed by atoms with Crippen LogP contribution in [-0.4, -0.2) is 10.3 Å². The van der Waals surface area contributed by atoms with E-state index in [-0.39, 0.29) is 5.41 Å². The maximum atomic E-state index is 5.16. The molecule has 0 N–H and O–H groups in total. The van der Waals surface area contributed by atoms with Crippen molar-refractivity contribution in [2.75, 3.05) is 0 Å². The number of benzene rings is 3. The molecule has 2 aliphatic rings. The molecule has 0 spiro atoms. The molecule has 2 heteroatoms. The van der Waals surface area contributed by atoms with Crippen LogP contribution in [0.2, 0.25) is 0 Å². The molecule has 0 atom stereocenters. The van der Waals surface area contributed by atoms with Crippen LogP contribution in [0.3, 0.4) is 0 Å². The van der Waals surface area contributed by atoms with E-state index < -0.39 is 0 Å². The Hall–Kier alpha value is -3.39. The van der Waals surface area contributed by atoms with Gasteiger partial charge in [-0.25, -0.2) is 0 Å². The SMILES string of the molecule is Cc1ccc(-n2c3c(c4cc5c(cc42)C(C)(C)C(c2ccccc2)=N5)CCC=C3)cc1. The van der Waals surface area contributed by atoms with E-state index in [1.165, 1.54) is 44.5 Å². The lowest BCUT2D eigenvalue weighted by atomic mass is 9.78. The minimum absolute atomic E-state index is 0.135. The van der Waals surface area contributed by atoms with Gasteiger partial charge in [-0.05, 0) is 66.8 Å². The van der Waals surface area contributed by atoms with Crippen LogP contribution in [0.1, 0.15) is 48.2 Å². The third kappa shape index (κ3) is 2.68. The van der Waals surface area contributed by atoms with Crippen molar-refractivity contribution in [2.45, 2.75) is 39.0 Å². The Bertz CT molecular complexity index is 1380. The van der Waals surface area contributed by atoms with Gasteiger partial charge in [0.05, 0.1) is 16.9 Å². The average molecular weight is 403 g/mol. The zero-order valence-corrected chi connectivity index (χ0v) is 18.3. The van der Waals surface area contributed by atoms with E-state index in [1.54, 1.807) is 0 Å². The molecule has 3 aromatic carbocycles. The number of allylic oxidation sites excluding steroid dienone is 1. The fourth-order valence-corrected chi connectivity index (χ4v) is 5.24. The molecule has 1 aliphatic heterocycles. The normalized spacial score (nSPS) is 16.3. The van der Waals surface area contributed by atoms with Gasteiger partial charge in [-0.15, -0.1) is 0 Å². The van der Waals surface area contributed by atoms with Gasteiger partial charge in [0.15, 0.2) is 0 Å². The van der Waals surface area contributed by atoms with Gasteiger partial charge in [0.1, 0.15) is 0 Å². The summed E-state index contributed by atoms with van der Waals surface area (Å²) in [7, 11) is 0. The van der Waals surface area contributed by atoms with E-state index in [2.05, 4.69) is 104 Å². The molecule has 0 fully saturated rings. The molecule has 0 radical (unpaired) electrons. The second-order valence-electron chi connectivity index (χ2n) is 9.31. The smallest absolute Gasteiger partial charge is 0.0682 e. The molecular weight excluding hydrogens is 376 g/mol. The monoisotopic (exact) mass is 402 g/mol. The molecule has 152 valence electrons. The standard InChI is InChI=1S/C29H26N2/c1-19-13-15-21(16-14-19)31-26-12-8-7-11-22(26)23-17-25-24(18-27(23)31)29(2,3)28(30-25)20-9-5-4-6-10-20/h4-6,8-10,12-18H,7,11H2,1-3H3. The highest BCUT2D eigenvalue weighted by Gasteiger charge is 2.37. The van der Waals surface area contributed by atoms with Crippen molar-refractivity contribution in [2.24, 2.45) is 4.99 Å². The summed E-state index contributed by atoms with van der Waals surface area (Å²) in [5.41, 5.74) is 11.2. The zero-order chi connectivity index (χ0) is 21.2. The van der Waals surface area contributed by atoms with Crippen molar-refractivity contribution >= 4 is 28.4 Å². The predicted molar refractivity (Wildman–Crippen MR) is 131 cm³/mol. The summed E-state index contributed by atoms with van der Waals surface area (Å²) in [6.07, 6.45) is 6.78. The summed E-state index contributed by atoms with van der Waals surface area (Å²) in [5, 5.41) is 1.34. The number of aromatic nitrogens is 1. The number of fused-ring (bicyclic) bond motifs is 4. The van der Waals surface area contributed by atoms with Crippen LogP contribution in [0.25, 0.3) is 22.7 Å². The first-order valence-electron chi connectivity index (χ1n) is 11.1. The highest BCUT2D eigenvalue weighted by molar-refractivity contribution is 6.13. The second kappa shape index (κ2) is 6.55. The van der Waals surface area contributed by atoms with E-state index in [9.17, 15) is 0 Å². The predicted octanol–water partition coefficient (Wildman–Crippen LogP) is 7.31. The molecule has 0 bridgehead atoms. The second-order valence-corrected chi connectivity index (χ2v) is 9.31. The molecule has 0 amide bonds. The minimum atomic E-state index is -0.135. The molecule has 0 unspecified atom stereocenters. The maximum Gasteiger partial charge on any atom is 0.0682 e. The third-order valence-electron chi connectivity index (χ3n) is 6.90. The van der Waals surface area contributed by atoms with Crippen molar-refractivity contribution in [3.8, 4) is 5.69 Å². The zero-order valence-electron chi connectivity index (χ0n) is 18.3. The largest absolute Gasteiger partial charge is 0.310 e. The lowest BCUT2D eigenvalue weighted by molar-refractivity contribution is 0.738. The van der Waals surface area contributed by atoms with Crippen LogP contribution >= 0.6 is 0 Å². The average Bonchev–Trinajstić information content (AvgIpc) is 3.25. The topological polar surface area (TPSA) is 17.3 Å². The van der Waals surface area contributed by atoms with Crippen LogP contribution in [0.15, 0.2) is 77.8 Å². The molecular formula is C29H26N2. The van der Waals surface area contributed by atoms with Crippen LogP contribution in [0, 0.1) is 6.92 Å². The summed E-state index contributed by atoms with van der Waals surface area (Å²) in [5.74, 6) is 0. The summed E-state index contributed by atoms with van der Waals surface area (Å²) in [4.78, 5) is 5.16. The first-order valence-corrected chi connectivity index (χ1v) is 11.1. The Kier molecular flexibility index (Phi) is 3.89. The number of hydrogen-bond donors (Lipinski definition) is 0. The van der Waals surface area contributed by atoms with Crippen LogP contribution < -0.4 is 0 Å². The van der Waals surface area contributed by atoms with Gasteiger partial charge in [0.25, 0.3) is 0 Å². The van der Waals surface area contributed by atoms with E-state index >= 15 is 0 Å². The summed E-state index contributed by atoms with van der Waals surface area (Å²) in [6, 6.07) is 24.2. The first-order chi connectivity index (χ1) is 15.0. The molecule has 31 heavy (non-hydrogen) atoms. The van der Waals surface area contributed by atoms with Gasteiger partial charge in [0.2, 0.25) is 0 Å². The minimum Gasteiger partial charge on any atom is -0.310 e. The Morgan fingerprint density at radius 2 is 1.71 bits per heavy atom. The number of aryl methyl sites for hydroxylation is 2. The molecule has 2 heterocycles. The van der Waals surface area contributed by atoms with Crippen LogP contribution in [-0.2, 0) is 11.8 Å². The van der Waals surface area contributed by atoms with Crippen molar-refractivity contribution in [3.05, 3.63) is 101 Å². The summed E-state index contributed by atoms with van der Waals surface area (Å²) >= 11 is 0. The number of aliphatic imine (C=N–C) groups is 1. The Balaban J connectivity index is 1.63. The first kappa shape index (κ1) is 18.4. The van der Waals surface area contributed by atoms with Gasteiger partial charge in [0, 0.05) is 22.2 Å². The van der Waals surface area contributed by atoms with E-state index in [0.717, 1.165) is 24.2 Å². The van der Waals surface area contributed by atoms with Crippen LogP contribution in [0.4, 0.5) is 5.69 Å². The Morgan fingerprint density at radius 1 is 0.935 bits per heavy atom. The highest BCUT2D eigenvalue weighted by atomic mass is 15.0. The van der Waals surface area contributed by atoms with E-state index in [0.29, 0.717) is 0 Å². The summed E-state index contributed by atoms with van der Waals surface area (Å²) in [6.45, 7) is 6.75. The molecule has 4 aromatic rings. The third-order valence-corrected chi connectivity index (χ3v) is 6.90. The van der Waals surface area contributed by atoms with Crippen molar-refractivity contribution in [3.63, 3.8) is 0 Å². The van der Waals surface area contributed by atoms with Gasteiger partial charge in [-0.3, -0.25) is 4.99 Å². The van der Waals surface area contributed by atoms with Gasteiger partial charge >= 0.3 is 0 Å². The fraction of sp³-hybridized carbons (Fsp3) is 0.207. The quantitative estimate of drug-likeness (QED) is 0.334. The molecule has 1 aromatic heterocycles. The van der Waals surface area contributed by atoms with E-state index in [4.69, 9.17) is 4.99 Å². The van der Waals surface area contributed by atoms with Crippen molar-refractivity contribution < 1.29 is 0 Å². The number of rotatable bonds is 2. The molecule has 1 aliphatic carbocycles. The molecule has 6 rings (SSSR count). The number of hydrogen-bond acceptors (Lipinski definition) is 1. The lowest BCUT2D eigenvalue weighted by Crippen LogP contribution is -2.26. The lowest BCUT2D eigenvalue weighted by Gasteiger charge is -2.23. The molecule has 0 saturated heterocycles. The van der Waals surface area contributed by atoms with Crippen LogP contribution in [0.5, 0.6) is 0 Å². The Labute approximate surface area is 183 Å². The van der Waals surface area contributed by atoms with Gasteiger partial charge < -0.3 is 4.57 Å². The molecule has 2 nitrogen and oxygen atoms in total. The fourth-order valence-electron chi connectivity index (χ4n) is 5.24. The van der Waals surface area contributed by atoms with E-state index in [1.807, 2.05) is 0 Å². The van der Waals surface area contributed by atoms with Gasteiger partial charge in [-0.2, -0.15) is 0 Å². The maximum absolute atomic E-state index is 5.16. The summed E-state index contributed by atoms with van der Waals surface area (Å²) < 4.78 is 2.44. The van der Waals surface area contributed by atoms with Gasteiger partial charge in [-0.1, -0.05) is 68.0 Å². The van der Waals surface area contributed by atoms with Crippen molar-refractivity contribution in [1.82, 2.24) is 4.57 Å². The Morgan fingerprint density at radius 3 is 2.48 bits per heavy atom. The number of nitrogens with zero attached hydrogens (tertiary/aromatic N) is 2. The molecule has 0 saturated carbocycles. The highest BCUT2D eigenvalue weighted by Crippen LogP contribution is 2.46. The van der Waals surface area contributed by atoms with Crippen molar-refractivity contribution in [1.29, 1.82) is 0 Å².